The molecule has 6 heteroatoms. The fourth-order valence-corrected chi connectivity index (χ4v) is 1.89. The van der Waals surface area contributed by atoms with Crippen molar-refractivity contribution in [2.45, 2.75) is 4.84 Å². The van der Waals surface area contributed by atoms with Crippen molar-refractivity contribution in [3.8, 4) is 0 Å². The van der Waals surface area contributed by atoms with Gasteiger partial charge in [0.05, 0.1) is 16.0 Å². The van der Waals surface area contributed by atoms with E-state index in [1.807, 2.05) is 0 Å². The average molecular weight is 257 g/mol. The Labute approximate surface area is 101 Å². The summed E-state index contributed by atoms with van der Waals surface area (Å²) in [4.78, 5) is 13.6. The van der Waals surface area contributed by atoms with E-state index in [0.29, 0.717) is 16.5 Å². The Bertz CT molecular complexity index is 558. The van der Waals surface area contributed by atoms with Gasteiger partial charge in [-0.05, 0) is 6.07 Å². The SMILES string of the molecule is O=[N+]([O-])c1cccc2c(C(Cl)Cl)nccc12. The number of fused-ring (bicyclic) bond motifs is 1. The van der Waals surface area contributed by atoms with Crippen LogP contribution < -0.4 is 0 Å². The molecule has 1 aromatic heterocycles. The average Bonchev–Trinajstić information content (AvgIpc) is 2.27. The Kier molecular flexibility index (Phi) is 2.94. The van der Waals surface area contributed by atoms with Crippen LogP contribution in [0.5, 0.6) is 0 Å². The molecule has 0 N–H and O–H groups in total. The fraction of sp³-hybridized carbons (Fsp3) is 0.100. The number of nitro benzene ring substituents is 1. The molecule has 0 spiro atoms. The molecule has 2 aromatic rings. The normalized spacial score (nSPS) is 10.9. The third-order valence-corrected chi connectivity index (χ3v) is 2.63. The van der Waals surface area contributed by atoms with Gasteiger partial charge in [-0.25, -0.2) is 0 Å². The molecule has 0 atom stereocenters. The molecule has 0 fully saturated rings. The molecular weight excluding hydrogens is 251 g/mol. The van der Waals surface area contributed by atoms with Crippen LogP contribution in [-0.4, -0.2) is 9.91 Å². The topological polar surface area (TPSA) is 56.0 Å². The van der Waals surface area contributed by atoms with Crippen LogP contribution >= 0.6 is 23.2 Å². The van der Waals surface area contributed by atoms with Gasteiger partial charge in [-0.15, -0.1) is 0 Å². The van der Waals surface area contributed by atoms with Gasteiger partial charge in [0.1, 0.15) is 4.84 Å². The monoisotopic (exact) mass is 256 g/mol. The first kappa shape index (κ1) is 11.1. The summed E-state index contributed by atoms with van der Waals surface area (Å²) in [6, 6.07) is 6.31. The molecule has 0 unspecified atom stereocenters. The molecule has 0 radical (unpaired) electrons. The lowest BCUT2D eigenvalue weighted by molar-refractivity contribution is -0.383. The van der Waals surface area contributed by atoms with Gasteiger partial charge >= 0.3 is 0 Å². The van der Waals surface area contributed by atoms with E-state index < -0.39 is 9.76 Å². The van der Waals surface area contributed by atoms with Gasteiger partial charge < -0.3 is 0 Å². The maximum atomic E-state index is 10.8. The number of halogens is 2. The van der Waals surface area contributed by atoms with Crippen LogP contribution in [0.1, 0.15) is 10.5 Å². The minimum absolute atomic E-state index is 0.0233. The molecule has 0 saturated carbocycles. The second-order valence-corrected chi connectivity index (χ2v) is 4.22. The number of rotatable bonds is 2. The zero-order valence-electron chi connectivity index (χ0n) is 7.93. The first-order valence-corrected chi connectivity index (χ1v) is 5.28. The summed E-state index contributed by atoms with van der Waals surface area (Å²) in [5, 5.41) is 11.9. The quantitative estimate of drug-likeness (QED) is 0.469. The van der Waals surface area contributed by atoms with Gasteiger partial charge in [0, 0.05) is 17.6 Å². The van der Waals surface area contributed by atoms with E-state index >= 15 is 0 Å². The Morgan fingerprint density at radius 2 is 2.00 bits per heavy atom. The summed E-state index contributed by atoms with van der Waals surface area (Å²) >= 11 is 11.5. The van der Waals surface area contributed by atoms with Gasteiger partial charge in [-0.3, -0.25) is 15.1 Å². The number of hydrogen-bond donors (Lipinski definition) is 0. The van der Waals surface area contributed by atoms with E-state index in [0.717, 1.165) is 0 Å². The van der Waals surface area contributed by atoms with Crippen molar-refractivity contribution in [2.75, 3.05) is 0 Å². The van der Waals surface area contributed by atoms with Gasteiger partial charge in [-0.1, -0.05) is 35.3 Å². The summed E-state index contributed by atoms with van der Waals surface area (Å²) in [5.41, 5.74) is 0.458. The van der Waals surface area contributed by atoms with E-state index in [9.17, 15) is 10.1 Å². The summed E-state index contributed by atoms with van der Waals surface area (Å²) in [6.45, 7) is 0. The fourth-order valence-electron chi connectivity index (χ4n) is 1.55. The highest BCUT2D eigenvalue weighted by molar-refractivity contribution is 6.44. The third kappa shape index (κ3) is 1.81. The van der Waals surface area contributed by atoms with E-state index in [1.165, 1.54) is 12.3 Å². The van der Waals surface area contributed by atoms with E-state index in [4.69, 9.17) is 23.2 Å². The van der Waals surface area contributed by atoms with Gasteiger partial charge in [0.25, 0.3) is 5.69 Å². The number of alkyl halides is 2. The minimum Gasteiger partial charge on any atom is -0.258 e. The molecule has 1 aromatic carbocycles. The second kappa shape index (κ2) is 4.23. The standard InChI is InChI=1S/C10H6Cl2N2O2/c11-10(12)9-7-2-1-3-8(14(15)16)6(7)4-5-13-9/h1-5,10H. The number of aromatic nitrogens is 1. The van der Waals surface area contributed by atoms with E-state index in [-0.39, 0.29) is 5.69 Å². The van der Waals surface area contributed by atoms with Crippen molar-refractivity contribution < 1.29 is 4.92 Å². The summed E-state index contributed by atoms with van der Waals surface area (Å²) in [6.07, 6.45) is 1.46. The second-order valence-electron chi connectivity index (χ2n) is 3.13. The largest absolute Gasteiger partial charge is 0.277 e. The molecule has 0 bridgehead atoms. The molecule has 0 saturated heterocycles. The number of pyridine rings is 1. The van der Waals surface area contributed by atoms with Gasteiger partial charge in [0.15, 0.2) is 0 Å². The van der Waals surface area contributed by atoms with Crippen LogP contribution in [-0.2, 0) is 0 Å². The third-order valence-electron chi connectivity index (χ3n) is 2.22. The lowest BCUT2D eigenvalue weighted by Crippen LogP contribution is -1.94. The van der Waals surface area contributed by atoms with E-state index in [2.05, 4.69) is 4.98 Å². The molecule has 0 amide bonds. The van der Waals surface area contributed by atoms with Crippen molar-refractivity contribution in [3.05, 3.63) is 46.3 Å². The lowest BCUT2D eigenvalue weighted by atomic mass is 10.1. The van der Waals surface area contributed by atoms with Crippen molar-refractivity contribution in [1.29, 1.82) is 0 Å². The highest BCUT2D eigenvalue weighted by Crippen LogP contribution is 2.33. The van der Waals surface area contributed by atoms with Crippen LogP contribution in [0, 0.1) is 10.1 Å². The highest BCUT2D eigenvalue weighted by Gasteiger charge is 2.16. The van der Waals surface area contributed by atoms with Crippen LogP contribution in [0.25, 0.3) is 10.8 Å². The molecule has 2 rings (SSSR count). The predicted octanol–water partition coefficient (Wildman–Crippen LogP) is 3.62. The minimum atomic E-state index is -0.800. The first-order valence-electron chi connectivity index (χ1n) is 4.41. The number of benzene rings is 1. The van der Waals surface area contributed by atoms with Crippen molar-refractivity contribution >= 4 is 39.7 Å². The van der Waals surface area contributed by atoms with Crippen LogP contribution in [0.2, 0.25) is 0 Å². The van der Waals surface area contributed by atoms with Gasteiger partial charge in [0.2, 0.25) is 0 Å². The number of non-ortho nitro benzene ring substituents is 1. The maximum Gasteiger partial charge on any atom is 0.277 e. The Hall–Kier alpha value is -1.39. The molecule has 0 aliphatic carbocycles. The van der Waals surface area contributed by atoms with Crippen LogP contribution in [0.15, 0.2) is 30.5 Å². The zero-order chi connectivity index (χ0) is 11.7. The molecule has 82 valence electrons. The van der Waals surface area contributed by atoms with Crippen molar-refractivity contribution in [2.24, 2.45) is 0 Å². The summed E-state index contributed by atoms with van der Waals surface area (Å²) < 4.78 is 0. The smallest absolute Gasteiger partial charge is 0.258 e. The zero-order valence-corrected chi connectivity index (χ0v) is 9.44. The summed E-state index contributed by atoms with van der Waals surface area (Å²) in [5.74, 6) is 0. The molecule has 0 aliphatic heterocycles. The molecule has 16 heavy (non-hydrogen) atoms. The Morgan fingerprint density at radius 1 is 1.25 bits per heavy atom. The molecule has 4 nitrogen and oxygen atoms in total. The number of nitrogens with zero attached hydrogens (tertiary/aromatic N) is 2. The Balaban J connectivity index is 2.81. The lowest BCUT2D eigenvalue weighted by Gasteiger charge is -2.05. The summed E-state index contributed by atoms with van der Waals surface area (Å²) in [7, 11) is 0. The predicted molar refractivity (Wildman–Crippen MR) is 62.8 cm³/mol. The van der Waals surface area contributed by atoms with Gasteiger partial charge in [-0.2, -0.15) is 0 Å². The van der Waals surface area contributed by atoms with Crippen LogP contribution in [0.4, 0.5) is 5.69 Å². The van der Waals surface area contributed by atoms with Crippen molar-refractivity contribution in [3.63, 3.8) is 0 Å². The number of hydrogen-bond acceptors (Lipinski definition) is 3. The van der Waals surface area contributed by atoms with Crippen molar-refractivity contribution in [1.82, 2.24) is 4.98 Å². The first-order chi connectivity index (χ1) is 7.61. The Morgan fingerprint density at radius 3 is 2.62 bits per heavy atom. The number of nitro groups is 1. The maximum absolute atomic E-state index is 10.8. The molecule has 1 heterocycles. The molecule has 0 aliphatic rings. The van der Waals surface area contributed by atoms with E-state index in [1.54, 1.807) is 18.2 Å². The van der Waals surface area contributed by atoms with Crippen LogP contribution in [0.3, 0.4) is 0 Å². The molecular formula is C10H6Cl2N2O2. The highest BCUT2D eigenvalue weighted by atomic mass is 35.5.